The fourth-order valence-corrected chi connectivity index (χ4v) is 3.00. The molecule has 4 nitrogen and oxygen atoms in total. The molecule has 0 radical (unpaired) electrons. The van der Waals surface area contributed by atoms with Crippen molar-refractivity contribution in [1.82, 2.24) is 0 Å². The molecule has 0 aromatic heterocycles. The summed E-state index contributed by atoms with van der Waals surface area (Å²) in [6.07, 6.45) is 8.96. The molecule has 0 spiro atoms. The lowest BCUT2D eigenvalue weighted by atomic mass is 9.97. The number of ether oxygens (including phenoxy) is 1. The van der Waals surface area contributed by atoms with Crippen molar-refractivity contribution in [3.63, 3.8) is 0 Å². The van der Waals surface area contributed by atoms with E-state index in [9.17, 15) is 14.7 Å². The lowest BCUT2D eigenvalue weighted by Crippen LogP contribution is -2.23. The van der Waals surface area contributed by atoms with Crippen molar-refractivity contribution in [3.05, 3.63) is 46.6 Å². The van der Waals surface area contributed by atoms with Gasteiger partial charge in [-0.15, -0.1) is 0 Å². The van der Waals surface area contributed by atoms with E-state index in [2.05, 4.69) is 6.08 Å². The van der Waals surface area contributed by atoms with Crippen LogP contribution in [0.3, 0.4) is 0 Å². The Morgan fingerprint density at radius 3 is 2.58 bits per heavy atom. The molecule has 1 aliphatic heterocycles. The lowest BCUT2D eigenvalue weighted by molar-refractivity contribution is -0.143. The summed E-state index contributed by atoms with van der Waals surface area (Å²) < 4.78 is 5.39. The predicted molar refractivity (Wildman–Crippen MR) is 93.3 cm³/mol. The molecular formula is C20H26O4. The average Bonchev–Trinajstić information content (AvgIpc) is 2.76. The minimum absolute atomic E-state index is 0.00449. The van der Waals surface area contributed by atoms with Crippen LogP contribution in [-0.4, -0.2) is 29.1 Å². The first kappa shape index (κ1) is 18.4. The van der Waals surface area contributed by atoms with Gasteiger partial charge < -0.3 is 9.84 Å². The maximum atomic E-state index is 12.0. The molecule has 0 saturated carbocycles. The first-order chi connectivity index (χ1) is 11.3. The normalized spacial score (nSPS) is 28.6. The molecule has 1 aliphatic carbocycles. The fourth-order valence-electron chi connectivity index (χ4n) is 3.00. The van der Waals surface area contributed by atoms with E-state index >= 15 is 0 Å². The highest BCUT2D eigenvalue weighted by atomic mass is 16.5. The van der Waals surface area contributed by atoms with Gasteiger partial charge in [0, 0.05) is 12.0 Å². The van der Waals surface area contributed by atoms with Crippen LogP contribution in [0.25, 0.3) is 0 Å². The van der Waals surface area contributed by atoms with Crippen LogP contribution in [-0.2, 0) is 14.3 Å². The van der Waals surface area contributed by atoms with E-state index in [0.29, 0.717) is 11.1 Å². The van der Waals surface area contributed by atoms with Gasteiger partial charge in [-0.25, -0.2) is 4.79 Å². The second-order valence-electron chi connectivity index (χ2n) is 6.75. The van der Waals surface area contributed by atoms with Gasteiger partial charge in [0.2, 0.25) is 0 Å². The van der Waals surface area contributed by atoms with Gasteiger partial charge >= 0.3 is 5.97 Å². The summed E-state index contributed by atoms with van der Waals surface area (Å²) in [4.78, 5) is 23.5. The van der Waals surface area contributed by atoms with Gasteiger partial charge in [-0.05, 0) is 57.8 Å². The van der Waals surface area contributed by atoms with Gasteiger partial charge in [-0.1, -0.05) is 23.8 Å². The van der Waals surface area contributed by atoms with Crippen molar-refractivity contribution in [2.24, 2.45) is 5.92 Å². The molecule has 0 amide bonds. The topological polar surface area (TPSA) is 63.6 Å². The Morgan fingerprint density at radius 1 is 1.29 bits per heavy atom. The zero-order valence-corrected chi connectivity index (χ0v) is 14.8. The Hall–Kier alpha value is -1.94. The van der Waals surface area contributed by atoms with E-state index in [4.69, 9.17) is 4.74 Å². The number of hydrogen-bond acceptors (Lipinski definition) is 4. The number of ketones is 1. The van der Waals surface area contributed by atoms with Crippen LogP contribution in [0.2, 0.25) is 0 Å². The SMILES string of the molecule is CC(=CC1C(=O)C(C)=CC1O)CCC=C(C)C1CC=C(C)C(=O)O1. The second-order valence-corrected chi connectivity index (χ2v) is 6.75. The molecule has 2 rings (SSSR count). The third-order valence-electron chi connectivity index (χ3n) is 4.67. The number of esters is 1. The molecule has 0 aromatic rings. The van der Waals surface area contributed by atoms with Gasteiger partial charge in [-0.3, -0.25) is 4.79 Å². The van der Waals surface area contributed by atoms with Gasteiger partial charge in [-0.2, -0.15) is 0 Å². The highest BCUT2D eigenvalue weighted by Crippen LogP contribution is 2.25. The second kappa shape index (κ2) is 7.75. The minimum atomic E-state index is -0.707. The van der Waals surface area contributed by atoms with Crippen LogP contribution in [0.15, 0.2) is 46.6 Å². The molecule has 0 bridgehead atoms. The molecule has 0 fully saturated rings. The van der Waals surface area contributed by atoms with Crippen molar-refractivity contribution >= 4 is 11.8 Å². The first-order valence-corrected chi connectivity index (χ1v) is 8.42. The van der Waals surface area contributed by atoms with Crippen LogP contribution in [0.4, 0.5) is 0 Å². The molecule has 0 aromatic carbocycles. The molecule has 130 valence electrons. The summed E-state index contributed by atoms with van der Waals surface area (Å²) in [6.45, 7) is 7.45. The zero-order chi connectivity index (χ0) is 17.9. The van der Waals surface area contributed by atoms with Crippen molar-refractivity contribution < 1.29 is 19.4 Å². The minimum Gasteiger partial charge on any atom is -0.454 e. The van der Waals surface area contributed by atoms with Gasteiger partial charge in [0.15, 0.2) is 5.78 Å². The van der Waals surface area contributed by atoms with Crippen LogP contribution in [0, 0.1) is 5.92 Å². The number of hydrogen-bond donors (Lipinski definition) is 1. The molecule has 1 heterocycles. The van der Waals surface area contributed by atoms with Crippen LogP contribution in [0.1, 0.15) is 47.0 Å². The summed E-state index contributed by atoms with van der Waals surface area (Å²) in [7, 11) is 0. The maximum Gasteiger partial charge on any atom is 0.333 e. The fraction of sp³-hybridized carbons (Fsp3) is 0.500. The Bertz CT molecular complexity index is 649. The molecular weight excluding hydrogens is 304 g/mol. The predicted octanol–water partition coefficient (Wildman–Crippen LogP) is 3.43. The summed E-state index contributed by atoms with van der Waals surface area (Å²) in [5, 5.41) is 9.90. The zero-order valence-electron chi connectivity index (χ0n) is 14.8. The lowest BCUT2D eigenvalue weighted by Gasteiger charge is -2.21. The number of allylic oxidation sites excluding steroid dienone is 3. The summed E-state index contributed by atoms with van der Waals surface area (Å²) in [5.74, 6) is -0.681. The Kier molecular flexibility index (Phi) is 5.94. The van der Waals surface area contributed by atoms with E-state index in [0.717, 1.165) is 30.4 Å². The molecule has 4 heteroatoms. The summed E-state index contributed by atoms with van der Waals surface area (Å²) in [5.41, 5.74) is 3.43. The Balaban J connectivity index is 1.88. The molecule has 0 saturated heterocycles. The third kappa shape index (κ3) is 4.32. The van der Waals surface area contributed by atoms with Gasteiger partial charge in [0.1, 0.15) is 6.10 Å². The Labute approximate surface area is 143 Å². The number of rotatable bonds is 5. The van der Waals surface area contributed by atoms with Crippen molar-refractivity contribution in [2.45, 2.75) is 59.2 Å². The van der Waals surface area contributed by atoms with Crippen LogP contribution < -0.4 is 0 Å². The van der Waals surface area contributed by atoms with E-state index in [-0.39, 0.29) is 17.9 Å². The maximum absolute atomic E-state index is 12.0. The van der Waals surface area contributed by atoms with Gasteiger partial charge in [0.05, 0.1) is 12.0 Å². The Morgan fingerprint density at radius 2 is 2.00 bits per heavy atom. The summed E-state index contributed by atoms with van der Waals surface area (Å²) >= 11 is 0. The standard InChI is InChI=1S/C20H26O4/c1-12(10-16-17(21)11-15(4)19(16)22)6-5-7-13(2)18-9-8-14(3)20(23)24-18/h7-8,10-11,16-18,21H,5-6,9H2,1-4H3. The molecule has 3 unspecified atom stereocenters. The highest BCUT2D eigenvalue weighted by molar-refractivity contribution is 6.01. The van der Waals surface area contributed by atoms with E-state index in [1.165, 1.54) is 0 Å². The van der Waals surface area contributed by atoms with Crippen molar-refractivity contribution in [2.75, 3.05) is 0 Å². The van der Waals surface area contributed by atoms with Crippen LogP contribution >= 0.6 is 0 Å². The van der Waals surface area contributed by atoms with E-state index in [1.54, 1.807) is 19.9 Å². The number of carbonyl (C=O) groups is 2. The number of aliphatic hydroxyl groups excluding tert-OH is 1. The summed E-state index contributed by atoms with van der Waals surface area (Å²) in [6, 6.07) is 0. The molecule has 2 aliphatic rings. The third-order valence-corrected chi connectivity index (χ3v) is 4.67. The molecule has 1 N–H and O–H groups in total. The van der Waals surface area contributed by atoms with E-state index < -0.39 is 12.0 Å². The van der Waals surface area contributed by atoms with Gasteiger partial charge in [0.25, 0.3) is 0 Å². The number of cyclic esters (lactones) is 1. The van der Waals surface area contributed by atoms with Crippen LogP contribution in [0.5, 0.6) is 0 Å². The molecule has 3 atom stereocenters. The smallest absolute Gasteiger partial charge is 0.333 e. The number of aliphatic hydroxyl groups is 1. The monoisotopic (exact) mass is 330 g/mol. The van der Waals surface area contributed by atoms with Crippen molar-refractivity contribution in [1.29, 1.82) is 0 Å². The number of Topliss-reactive ketones (excluding diaryl/α,β-unsaturated/α-hetero) is 1. The average molecular weight is 330 g/mol. The highest BCUT2D eigenvalue weighted by Gasteiger charge is 2.30. The van der Waals surface area contributed by atoms with E-state index in [1.807, 2.05) is 26.0 Å². The largest absolute Gasteiger partial charge is 0.454 e. The molecule has 24 heavy (non-hydrogen) atoms. The quantitative estimate of drug-likeness (QED) is 0.619. The first-order valence-electron chi connectivity index (χ1n) is 8.42. The van der Waals surface area contributed by atoms with Crippen molar-refractivity contribution in [3.8, 4) is 0 Å². The number of carbonyl (C=O) groups excluding carboxylic acids is 2.